The molecule has 1 N–H and O–H groups in total. The molecule has 0 radical (unpaired) electrons. The molecule has 30 heavy (non-hydrogen) atoms. The first-order valence-electron chi connectivity index (χ1n) is 9.00. The van der Waals surface area contributed by atoms with Crippen LogP contribution in [0.2, 0.25) is 0 Å². The van der Waals surface area contributed by atoms with E-state index in [1.54, 1.807) is 6.07 Å². The van der Waals surface area contributed by atoms with Crippen molar-refractivity contribution in [1.82, 2.24) is 14.8 Å². The van der Waals surface area contributed by atoms with E-state index in [-0.39, 0.29) is 11.3 Å². The summed E-state index contributed by atoms with van der Waals surface area (Å²) in [5, 5.41) is 13.3. The number of thiophene rings is 1. The Hall–Kier alpha value is -3.59. The number of carboxylic acid groups (broad SMARTS) is 1. The highest BCUT2D eigenvalue weighted by molar-refractivity contribution is 7.19. The lowest BCUT2D eigenvalue weighted by Crippen LogP contribution is -2.02. The number of fused-ring (bicyclic) bond motifs is 3. The van der Waals surface area contributed by atoms with Crippen LogP contribution in [0.1, 0.15) is 15.9 Å². The number of benzene rings is 2. The molecule has 0 bridgehead atoms. The number of halogens is 2. The SMILES string of the molecule is O=C(O)c1ccc2c(c1)OCCc1cc(-c3ncnn3-c3ccc(F)cc3F)sc1-2. The van der Waals surface area contributed by atoms with E-state index in [2.05, 4.69) is 10.1 Å². The Bertz CT molecular complexity index is 1300. The van der Waals surface area contributed by atoms with Crippen LogP contribution in [-0.4, -0.2) is 32.4 Å². The molecule has 0 saturated carbocycles. The van der Waals surface area contributed by atoms with E-state index in [0.717, 1.165) is 26.9 Å². The minimum absolute atomic E-state index is 0.0994. The van der Waals surface area contributed by atoms with Crippen molar-refractivity contribution in [2.75, 3.05) is 6.61 Å². The van der Waals surface area contributed by atoms with Crippen molar-refractivity contribution in [2.24, 2.45) is 0 Å². The molecule has 1 aliphatic rings. The van der Waals surface area contributed by atoms with E-state index in [1.165, 1.54) is 46.6 Å². The van der Waals surface area contributed by atoms with E-state index in [4.69, 9.17) is 4.74 Å². The quantitative estimate of drug-likeness (QED) is 0.520. The number of nitrogens with zero attached hydrogens (tertiary/aromatic N) is 3. The summed E-state index contributed by atoms with van der Waals surface area (Å²) in [5.41, 5.74) is 2.07. The molecule has 0 unspecified atom stereocenters. The molecule has 0 saturated heterocycles. The van der Waals surface area contributed by atoms with Crippen molar-refractivity contribution in [3.8, 4) is 32.6 Å². The topological polar surface area (TPSA) is 77.2 Å². The van der Waals surface area contributed by atoms with E-state index in [0.29, 0.717) is 24.6 Å². The lowest BCUT2D eigenvalue weighted by Gasteiger charge is -2.08. The Kier molecular flexibility index (Phi) is 4.32. The Morgan fingerprint density at radius 3 is 2.83 bits per heavy atom. The highest BCUT2D eigenvalue weighted by Crippen LogP contribution is 2.44. The molecular formula is C21H13F2N3O3S. The number of ether oxygens (including phenoxy) is 1. The van der Waals surface area contributed by atoms with Gasteiger partial charge in [-0.25, -0.2) is 23.2 Å². The van der Waals surface area contributed by atoms with Gasteiger partial charge in [0.2, 0.25) is 0 Å². The lowest BCUT2D eigenvalue weighted by atomic mass is 10.1. The van der Waals surface area contributed by atoms with E-state index in [1.807, 2.05) is 6.07 Å². The zero-order valence-corrected chi connectivity index (χ0v) is 16.1. The zero-order valence-electron chi connectivity index (χ0n) is 15.3. The van der Waals surface area contributed by atoms with Crippen molar-refractivity contribution in [1.29, 1.82) is 0 Å². The van der Waals surface area contributed by atoms with Gasteiger partial charge in [0.15, 0.2) is 11.6 Å². The summed E-state index contributed by atoms with van der Waals surface area (Å²) in [6.45, 7) is 0.401. The summed E-state index contributed by atoms with van der Waals surface area (Å²) < 4.78 is 34.7. The molecule has 2 aromatic carbocycles. The monoisotopic (exact) mass is 425 g/mol. The van der Waals surface area contributed by atoms with Gasteiger partial charge in [-0.3, -0.25) is 0 Å². The van der Waals surface area contributed by atoms with Crippen LogP contribution in [0.15, 0.2) is 48.8 Å². The van der Waals surface area contributed by atoms with Crippen LogP contribution in [0, 0.1) is 11.6 Å². The molecule has 0 spiro atoms. The second kappa shape index (κ2) is 7.03. The molecule has 3 heterocycles. The average molecular weight is 425 g/mol. The predicted molar refractivity (Wildman–Crippen MR) is 106 cm³/mol. The average Bonchev–Trinajstić information content (AvgIpc) is 3.32. The van der Waals surface area contributed by atoms with Gasteiger partial charge < -0.3 is 9.84 Å². The molecule has 0 atom stereocenters. The van der Waals surface area contributed by atoms with E-state index in [9.17, 15) is 18.7 Å². The number of carboxylic acids is 1. The standard InChI is InChI=1S/C21H13F2N3O3S/c22-13-2-4-16(15(23)9-13)26-20(24-10-25-26)18-8-11-5-6-29-17-7-12(21(27)28)1-3-14(17)19(11)30-18/h1-4,7-10H,5-6H2,(H,27,28). The molecule has 2 aromatic heterocycles. The van der Waals surface area contributed by atoms with Crippen LogP contribution >= 0.6 is 11.3 Å². The third-order valence-electron chi connectivity index (χ3n) is 4.82. The number of carbonyl (C=O) groups is 1. The summed E-state index contributed by atoms with van der Waals surface area (Å²) in [4.78, 5) is 17.2. The molecular weight excluding hydrogens is 412 g/mol. The second-order valence-electron chi connectivity index (χ2n) is 6.67. The largest absolute Gasteiger partial charge is 0.493 e. The molecule has 4 aromatic rings. The Balaban J connectivity index is 1.62. The highest BCUT2D eigenvalue weighted by Gasteiger charge is 2.23. The Labute approximate surface area is 173 Å². The fourth-order valence-corrected chi connectivity index (χ4v) is 4.65. The van der Waals surface area contributed by atoms with Crippen molar-refractivity contribution in [2.45, 2.75) is 6.42 Å². The smallest absolute Gasteiger partial charge is 0.335 e. The summed E-state index contributed by atoms with van der Waals surface area (Å²) in [6, 6.07) is 10.0. The first kappa shape index (κ1) is 18.4. The van der Waals surface area contributed by atoms with Gasteiger partial charge in [-0.1, -0.05) is 0 Å². The minimum atomic E-state index is -1.02. The zero-order chi connectivity index (χ0) is 20.8. The molecule has 0 fully saturated rings. The first-order valence-corrected chi connectivity index (χ1v) is 9.82. The summed E-state index contributed by atoms with van der Waals surface area (Å²) in [5.74, 6) is -1.48. The maximum Gasteiger partial charge on any atom is 0.335 e. The van der Waals surface area contributed by atoms with Crippen molar-refractivity contribution < 1.29 is 23.4 Å². The summed E-state index contributed by atoms with van der Waals surface area (Å²) in [6.07, 6.45) is 1.95. The number of aromatic nitrogens is 3. The molecule has 1 aliphatic heterocycles. The Morgan fingerprint density at radius 2 is 2.03 bits per heavy atom. The number of rotatable bonds is 3. The van der Waals surface area contributed by atoms with Crippen LogP contribution in [0.3, 0.4) is 0 Å². The van der Waals surface area contributed by atoms with E-state index >= 15 is 0 Å². The fraction of sp³-hybridized carbons (Fsp3) is 0.0952. The number of hydrogen-bond donors (Lipinski definition) is 1. The molecule has 9 heteroatoms. The molecule has 5 rings (SSSR count). The highest BCUT2D eigenvalue weighted by atomic mass is 32.1. The number of hydrogen-bond acceptors (Lipinski definition) is 5. The van der Waals surface area contributed by atoms with Crippen LogP contribution in [0.5, 0.6) is 5.75 Å². The van der Waals surface area contributed by atoms with Crippen LogP contribution < -0.4 is 4.74 Å². The van der Waals surface area contributed by atoms with Gasteiger partial charge in [-0.2, -0.15) is 5.10 Å². The maximum atomic E-state index is 14.3. The van der Waals surface area contributed by atoms with Crippen LogP contribution in [0.25, 0.3) is 26.8 Å². The second-order valence-corrected chi connectivity index (χ2v) is 7.72. The summed E-state index contributed by atoms with van der Waals surface area (Å²) >= 11 is 1.43. The molecule has 0 amide bonds. The maximum absolute atomic E-state index is 14.3. The fourth-order valence-electron chi connectivity index (χ4n) is 3.42. The van der Waals surface area contributed by atoms with E-state index < -0.39 is 17.6 Å². The first-order chi connectivity index (χ1) is 14.5. The van der Waals surface area contributed by atoms with Gasteiger partial charge in [-0.15, -0.1) is 11.3 Å². The van der Waals surface area contributed by atoms with Gasteiger partial charge >= 0.3 is 5.97 Å². The van der Waals surface area contributed by atoms with Gasteiger partial charge in [0.1, 0.15) is 23.6 Å². The van der Waals surface area contributed by atoms with Crippen molar-refractivity contribution in [3.05, 3.63) is 71.6 Å². The van der Waals surface area contributed by atoms with Gasteiger partial charge in [0.25, 0.3) is 0 Å². The van der Waals surface area contributed by atoms with Gasteiger partial charge in [0.05, 0.1) is 17.0 Å². The normalized spacial score (nSPS) is 12.6. The number of aromatic carboxylic acids is 1. The van der Waals surface area contributed by atoms with Crippen LogP contribution in [-0.2, 0) is 6.42 Å². The molecule has 0 aliphatic carbocycles. The summed E-state index contributed by atoms with van der Waals surface area (Å²) in [7, 11) is 0. The van der Waals surface area contributed by atoms with Crippen LogP contribution in [0.4, 0.5) is 8.78 Å². The predicted octanol–water partition coefficient (Wildman–Crippen LogP) is 4.57. The third-order valence-corrected chi connectivity index (χ3v) is 6.02. The van der Waals surface area contributed by atoms with Crippen molar-refractivity contribution in [3.63, 3.8) is 0 Å². The van der Waals surface area contributed by atoms with Gasteiger partial charge in [-0.05, 0) is 42.0 Å². The van der Waals surface area contributed by atoms with Crippen molar-refractivity contribution >= 4 is 17.3 Å². The lowest BCUT2D eigenvalue weighted by molar-refractivity contribution is 0.0696. The molecule has 150 valence electrons. The third kappa shape index (κ3) is 3.03. The van der Waals surface area contributed by atoms with Gasteiger partial charge in [0, 0.05) is 22.9 Å². The molecule has 6 nitrogen and oxygen atoms in total. The Morgan fingerprint density at radius 1 is 1.17 bits per heavy atom. The minimum Gasteiger partial charge on any atom is -0.493 e.